The van der Waals surface area contributed by atoms with Gasteiger partial charge in [0.05, 0.1) is 7.05 Å². The standard InChI is InChI=1S/C22H31N4/c1-17-15-18-9-5-7-13-24(18)22(23)25-14-8-6-10-19(25)16-26(22,2)21-12-4-3-11-20(17)21/h5-10,13-14,17,20-21H,3-4,11-12,15-16,23H2,1-2H3/q+3/t17?,20?,21?,22-,26?/m0/s1. The van der Waals surface area contributed by atoms with Gasteiger partial charge in [0.25, 0.3) is 5.69 Å². The van der Waals surface area contributed by atoms with E-state index in [-0.39, 0.29) is 0 Å². The lowest BCUT2D eigenvalue weighted by atomic mass is 9.73. The fraction of sp³-hybridized carbons (Fsp3) is 0.545. The van der Waals surface area contributed by atoms with Crippen LogP contribution >= 0.6 is 0 Å². The number of rotatable bonds is 0. The van der Waals surface area contributed by atoms with E-state index >= 15 is 0 Å². The molecule has 0 aromatic carbocycles. The quantitative estimate of drug-likeness (QED) is 0.572. The second-order valence-electron chi connectivity index (χ2n) is 8.93. The minimum absolute atomic E-state index is 0.590. The Kier molecular flexibility index (Phi) is 3.54. The van der Waals surface area contributed by atoms with Crippen LogP contribution in [0, 0.1) is 11.8 Å². The van der Waals surface area contributed by atoms with Crippen LogP contribution in [0.3, 0.4) is 0 Å². The van der Waals surface area contributed by atoms with E-state index in [9.17, 15) is 0 Å². The Labute approximate surface area is 156 Å². The molecule has 0 bridgehead atoms. The number of quaternary nitrogens is 1. The molecule has 5 rings (SSSR count). The average molecular weight is 352 g/mol. The van der Waals surface area contributed by atoms with Gasteiger partial charge in [0.2, 0.25) is 0 Å². The van der Waals surface area contributed by atoms with Gasteiger partial charge in [0, 0.05) is 43.0 Å². The van der Waals surface area contributed by atoms with Gasteiger partial charge in [-0.3, -0.25) is 0 Å². The van der Waals surface area contributed by atoms with Crippen LogP contribution < -0.4 is 14.9 Å². The lowest BCUT2D eigenvalue weighted by molar-refractivity contribution is -1.23. The van der Waals surface area contributed by atoms with E-state index in [1.165, 1.54) is 37.1 Å². The third-order valence-corrected chi connectivity index (χ3v) is 7.62. The van der Waals surface area contributed by atoms with Crippen LogP contribution in [-0.4, -0.2) is 17.6 Å². The summed E-state index contributed by atoms with van der Waals surface area (Å²) in [7, 11) is 2.41. The van der Waals surface area contributed by atoms with Gasteiger partial charge in [-0.2, -0.15) is 10.2 Å². The number of hydrogen-bond acceptors (Lipinski definition) is 1. The van der Waals surface area contributed by atoms with E-state index in [4.69, 9.17) is 5.73 Å². The molecule has 4 heteroatoms. The molecular weight excluding hydrogens is 320 g/mol. The summed E-state index contributed by atoms with van der Waals surface area (Å²) in [5, 5.41) is 0. The zero-order chi connectivity index (χ0) is 17.9. The monoisotopic (exact) mass is 351 g/mol. The Bertz CT molecular complexity index is 850. The summed E-state index contributed by atoms with van der Waals surface area (Å²) in [5.74, 6) is 0.857. The normalized spacial score (nSPS) is 38.3. The van der Waals surface area contributed by atoms with Crippen molar-refractivity contribution in [3.8, 4) is 0 Å². The molecule has 3 aliphatic rings. The highest BCUT2D eigenvalue weighted by atomic mass is 15.7. The fourth-order valence-corrected chi connectivity index (χ4v) is 6.31. The largest absolute Gasteiger partial charge is 0.561 e. The summed E-state index contributed by atoms with van der Waals surface area (Å²) in [6.07, 6.45) is 10.9. The van der Waals surface area contributed by atoms with E-state index in [0.717, 1.165) is 23.4 Å². The molecule has 2 aromatic rings. The number of nitrogens with zero attached hydrogens (tertiary/aromatic N) is 3. The first-order chi connectivity index (χ1) is 12.6. The van der Waals surface area contributed by atoms with E-state index in [0.29, 0.717) is 12.0 Å². The third kappa shape index (κ3) is 1.97. The number of aromatic nitrogens is 2. The molecule has 1 fully saturated rings. The molecule has 4 unspecified atom stereocenters. The maximum absolute atomic E-state index is 7.44. The van der Waals surface area contributed by atoms with Crippen molar-refractivity contribution in [2.24, 2.45) is 17.6 Å². The van der Waals surface area contributed by atoms with E-state index < -0.39 is 5.91 Å². The predicted molar refractivity (Wildman–Crippen MR) is 99.3 cm³/mol. The first kappa shape index (κ1) is 16.4. The fourth-order valence-electron chi connectivity index (χ4n) is 6.31. The number of fused-ring (bicyclic) bond motifs is 7. The van der Waals surface area contributed by atoms with E-state index in [1.807, 2.05) is 0 Å². The predicted octanol–water partition coefficient (Wildman–Crippen LogP) is 2.05. The van der Waals surface area contributed by atoms with Crippen molar-refractivity contribution in [3.63, 3.8) is 0 Å². The average Bonchev–Trinajstić information content (AvgIpc) is 2.90. The molecule has 1 aliphatic carbocycles. The summed E-state index contributed by atoms with van der Waals surface area (Å²) >= 11 is 0. The SMILES string of the molecule is CC1Cc2cccc[n+]2[C@@]2(N)[n+]3ccccc3C[N+]2(C)C2CCCCC12. The van der Waals surface area contributed by atoms with Crippen molar-refractivity contribution >= 4 is 0 Å². The van der Waals surface area contributed by atoms with Crippen molar-refractivity contribution in [1.82, 2.24) is 0 Å². The summed E-state index contributed by atoms with van der Waals surface area (Å²) in [5.41, 5.74) is 10.1. The first-order valence-electron chi connectivity index (χ1n) is 10.2. The number of nitrogens with two attached hydrogens (primary N) is 1. The smallest absolute Gasteiger partial charge is 0.177 e. The zero-order valence-electron chi connectivity index (χ0n) is 16.0. The summed E-state index contributed by atoms with van der Waals surface area (Å²) in [4.78, 5) is 0. The maximum Gasteiger partial charge on any atom is 0.561 e. The molecule has 2 N–H and O–H groups in total. The molecule has 0 radical (unpaired) electrons. The molecule has 136 valence electrons. The Morgan fingerprint density at radius 2 is 1.65 bits per heavy atom. The Balaban J connectivity index is 1.81. The van der Waals surface area contributed by atoms with Gasteiger partial charge in [0.15, 0.2) is 24.6 Å². The third-order valence-electron chi connectivity index (χ3n) is 7.62. The maximum atomic E-state index is 7.44. The molecule has 26 heavy (non-hydrogen) atoms. The highest BCUT2D eigenvalue weighted by molar-refractivity contribution is 5.03. The molecule has 2 aromatic heterocycles. The number of hydrogen-bond donors (Lipinski definition) is 1. The van der Waals surface area contributed by atoms with Crippen LogP contribution in [0.2, 0.25) is 0 Å². The molecule has 4 heterocycles. The summed E-state index contributed by atoms with van der Waals surface area (Å²) in [6, 6.07) is 13.7. The molecule has 5 atom stereocenters. The van der Waals surface area contributed by atoms with Crippen molar-refractivity contribution in [1.29, 1.82) is 0 Å². The second-order valence-corrected chi connectivity index (χ2v) is 8.93. The summed E-state index contributed by atoms with van der Waals surface area (Å²) in [6.45, 7) is 3.47. The Morgan fingerprint density at radius 3 is 2.42 bits per heavy atom. The van der Waals surface area contributed by atoms with Gasteiger partial charge in [-0.1, -0.05) is 28.5 Å². The summed E-state index contributed by atoms with van der Waals surface area (Å²) < 4.78 is 5.61. The van der Waals surface area contributed by atoms with Crippen LogP contribution in [0.1, 0.15) is 44.0 Å². The van der Waals surface area contributed by atoms with Crippen LogP contribution in [0.15, 0.2) is 48.8 Å². The highest BCUT2D eigenvalue weighted by Crippen LogP contribution is 2.44. The lowest BCUT2D eigenvalue weighted by Gasteiger charge is -2.47. The molecule has 0 spiro atoms. The topological polar surface area (TPSA) is 33.8 Å². The molecule has 1 saturated carbocycles. The number of pyridine rings is 2. The van der Waals surface area contributed by atoms with Gasteiger partial charge in [0.1, 0.15) is 6.04 Å². The Morgan fingerprint density at radius 1 is 1.00 bits per heavy atom. The molecule has 0 amide bonds. The van der Waals surface area contributed by atoms with Crippen molar-refractivity contribution < 1.29 is 13.6 Å². The molecular formula is C22H31N4+3. The van der Waals surface area contributed by atoms with Crippen LogP contribution in [-0.2, 0) is 18.9 Å². The van der Waals surface area contributed by atoms with Gasteiger partial charge in [-0.05, 0) is 24.8 Å². The van der Waals surface area contributed by atoms with Crippen molar-refractivity contribution in [3.05, 3.63) is 60.2 Å². The van der Waals surface area contributed by atoms with Crippen LogP contribution in [0.25, 0.3) is 0 Å². The van der Waals surface area contributed by atoms with Gasteiger partial charge >= 0.3 is 5.91 Å². The van der Waals surface area contributed by atoms with Crippen LogP contribution in [0.5, 0.6) is 0 Å². The van der Waals surface area contributed by atoms with Crippen molar-refractivity contribution in [2.75, 3.05) is 7.05 Å². The first-order valence-corrected chi connectivity index (χ1v) is 10.2. The minimum atomic E-state index is -0.590. The van der Waals surface area contributed by atoms with E-state index in [1.54, 1.807) is 0 Å². The minimum Gasteiger partial charge on any atom is -0.177 e. The van der Waals surface area contributed by atoms with E-state index in [2.05, 4.69) is 71.9 Å². The van der Waals surface area contributed by atoms with Crippen molar-refractivity contribution in [2.45, 2.75) is 57.5 Å². The Hall–Kier alpha value is -1.78. The zero-order valence-corrected chi connectivity index (χ0v) is 16.0. The van der Waals surface area contributed by atoms with Crippen LogP contribution in [0.4, 0.5) is 0 Å². The van der Waals surface area contributed by atoms with Gasteiger partial charge in [-0.15, -0.1) is 0 Å². The molecule has 2 aliphatic heterocycles. The molecule has 4 nitrogen and oxygen atoms in total. The molecule has 0 saturated heterocycles. The lowest BCUT2D eigenvalue weighted by Crippen LogP contribution is -2.90. The second kappa shape index (κ2) is 5.61. The van der Waals surface area contributed by atoms with Gasteiger partial charge < -0.3 is 0 Å². The van der Waals surface area contributed by atoms with Gasteiger partial charge in [-0.25, -0.2) is 0 Å². The highest BCUT2D eigenvalue weighted by Gasteiger charge is 2.73.